The molecule has 0 unspecified atom stereocenters. The molecule has 2 rings (SSSR count). The Labute approximate surface area is 115 Å². The van der Waals surface area contributed by atoms with Crippen LogP contribution in [0.3, 0.4) is 0 Å². The maximum atomic E-state index is 11.4. The predicted molar refractivity (Wildman–Crippen MR) is 78.5 cm³/mol. The van der Waals surface area contributed by atoms with Crippen LogP contribution < -0.4 is 9.64 Å². The molecule has 0 spiro atoms. The Morgan fingerprint density at radius 2 is 2.16 bits per heavy atom. The molecule has 0 bridgehead atoms. The van der Waals surface area contributed by atoms with Gasteiger partial charge in [-0.25, -0.2) is 0 Å². The Morgan fingerprint density at radius 3 is 2.74 bits per heavy atom. The normalized spacial score (nSPS) is 20.9. The standard InChI is InChI=1S/C16H23NO2/c1-6-19-13-7-12(10-18)15-14(8-13)11(2)9-16(3,4)17(15)5/h7-8,10-11H,6,9H2,1-5H3/t11-/m1/s1. The number of rotatable bonds is 3. The fourth-order valence-corrected chi connectivity index (χ4v) is 3.05. The Hall–Kier alpha value is -1.51. The number of hydrogen-bond acceptors (Lipinski definition) is 3. The van der Waals surface area contributed by atoms with Crippen molar-refractivity contribution in [3.63, 3.8) is 0 Å². The highest BCUT2D eigenvalue weighted by molar-refractivity contribution is 5.88. The Kier molecular flexibility index (Phi) is 3.57. The first-order valence-electron chi connectivity index (χ1n) is 6.90. The molecule has 0 aromatic heterocycles. The first-order valence-corrected chi connectivity index (χ1v) is 6.90. The summed E-state index contributed by atoms with van der Waals surface area (Å²) in [5, 5.41) is 0. The minimum atomic E-state index is 0.0668. The van der Waals surface area contributed by atoms with Gasteiger partial charge in [0, 0.05) is 18.2 Å². The van der Waals surface area contributed by atoms with E-state index in [-0.39, 0.29) is 5.54 Å². The quantitative estimate of drug-likeness (QED) is 0.778. The van der Waals surface area contributed by atoms with E-state index in [1.807, 2.05) is 13.0 Å². The van der Waals surface area contributed by atoms with E-state index in [1.54, 1.807) is 0 Å². The Balaban J connectivity index is 2.61. The van der Waals surface area contributed by atoms with Gasteiger partial charge in [0.1, 0.15) is 5.75 Å². The van der Waals surface area contributed by atoms with Crippen molar-refractivity contribution < 1.29 is 9.53 Å². The van der Waals surface area contributed by atoms with Crippen LogP contribution in [-0.4, -0.2) is 25.5 Å². The van der Waals surface area contributed by atoms with Gasteiger partial charge in [-0.15, -0.1) is 0 Å². The second-order valence-corrected chi connectivity index (χ2v) is 5.98. The molecular weight excluding hydrogens is 238 g/mol. The summed E-state index contributed by atoms with van der Waals surface area (Å²) in [4.78, 5) is 13.6. The predicted octanol–water partition coefficient (Wildman–Crippen LogP) is 3.62. The summed E-state index contributed by atoms with van der Waals surface area (Å²) in [6, 6.07) is 3.93. The first-order chi connectivity index (χ1) is 8.90. The maximum absolute atomic E-state index is 11.4. The number of ether oxygens (including phenoxy) is 1. The highest BCUT2D eigenvalue weighted by Gasteiger charge is 2.35. The van der Waals surface area contributed by atoms with Crippen molar-refractivity contribution in [2.75, 3.05) is 18.6 Å². The summed E-state index contributed by atoms with van der Waals surface area (Å²) in [6.07, 6.45) is 2.01. The van der Waals surface area contributed by atoms with Gasteiger partial charge in [-0.2, -0.15) is 0 Å². The SMILES string of the molecule is CCOc1cc(C=O)c2c(c1)[C@H](C)CC(C)(C)N2C. The van der Waals surface area contributed by atoms with E-state index >= 15 is 0 Å². The smallest absolute Gasteiger partial charge is 0.152 e. The van der Waals surface area contributed by atoms with Gasteiger partial charge in [0.15, 0.2) is 6.29 Å². The second-order valence-electron chi connectivity index (χ2n) is 5.98. The van der Waals surface area contributed by atoms with E-state index in [4.69, 9.17) is 4.74 Å². The summed E-state index contributed by atoms with van der Waals surface area (Å²) in [6.45, 7) is 9.23. The van der Waals surface area contributed by atoms with Gasteiger partial charge < -0.3 is 9.64 Å². The van der Waals surface area contributed by atoms with E-state index < -0.39 is 0 Å². The summed E-state index contributed by atoms with van der Waals surface area (Å²) < 4.78 is 5.57. The molecule has 3 heteroatoms. The van der Waals surface area contributed by atoms with Gasteiger partial charge in [-0.05, 0) is 50.8 Å². The van der Waals surface area contributed by atoms with Crippen LogP contribution in [0.2, 0.25) is 0 Å². The molecule has 104 valence electrons. The first kappa shape index (κ1) is 13.9. The Morgan fingerprint density at radius 1 is 1.47 bits per heavy atom. The average Bonchev–Trinajstić information content (AvgIpc) is 2.35. The summed E-state index contributed by atoms with van der Waals surface area (Å²) in [5.74, 6) is 1.23. The molecule has 19 heavy (non-hydrogen) atoms. The number of nitrogens with zero attached hydrogens (tertiary/aromatic N) is 1. The van der Waals surface area contributed by atoms with Crippen molar-refractivity contribution in [1.82, 2.24) is 0 Å². The third kappa shape index (κ3) is 2.34. The molecule has 1 aliphatic rings. The van der Waals surface area contributed by atoms with Gasteiger partial charge in [0.25, 0.3) is 0 Å². The minimum absolute atomic E-state index is 0.0668. The van der Waals surface area contributed by atoms with Crippen LogP contribution >= 0.6 is 0 Å². The van der Waals surface area contributed by atoms with Gasteiger partial charge in [-0.3, -0.25) is 4.79 Å². The van der Waals surface area contributed by atoms with Crippen molar-refractivity contribution in [1.29, 1.82) is 0 Å². The monoisotopic (exact) mass is 261 g/mol. The average molecular weight is 261 g/mol. The van der Waals surface area contributed by atoms with E-state index in [2.05, 4.69) is 38.8 Å². The molecule has 1 aromatic carbocycles. The van der Waals surface area contributed by atoms with Gasteiger partial charge in [-0.1, -0.05) is 6.92 Å². The summed E-state index contributed by atoms with van der Waals surface area (Å²) in [7, 11) is 2.07. The lowest BCUT2D eigenvalue weighted by Crippen LogP contribution is -2.46. The molecular formula is C16H23NO2. The Bertz CT molecular complexity index is 494. The number of anilines is 1. The number of benzene rings is 1. The molecule has 1 aromatic rings. The molecule has 1 atom stereocenters. The van der Waals surface area contributed by atoms with Crippen LogP contribution in [-0.2, 0) is 0 Å². The fourth-order valence-electron chi connectivity index (χ4n) is 3.05. The van der Waals surface area contributed by atoms with Crippen molar-refractivity contribution in [2.24, 2.45) is 0 Å². The molecule has 1 heterocycles. The maximum Gasteiger partial charge on any atom is 0.152 e. The van der Waals surface area contributed by atoms with E-state index in [1.165, 1.54) is 5.56 Å². The summed E-state index contributed by atoms with van der Waals surface area (Å²) >= 11 is 0. The zero-order chi connectivity index (χ0) is 14.2. The largest absolute Gasteiger partial charge is 0.494 e. The molecule has 0 amide bonds. The molecule has 0 saturated heterocycles. The van der Waals surface area contributed by atoms with Gasteiger partial charge in [0.2, 0.25) is 0 Å². The van der Waals surface area contributed by atoms with Crippen molar-refractivity contribution >= 4 is 12.0 Å². The zero-order valence-corrected chi connectivity index (χ0v) is 12.5. The lowest BCUT2D eigenvalue weighted by molar-refractivity contribution is 0.112. The highest BCUT2D eigenvalue weighted by Crippen LogP contribution is 2.45. The fraction of sp³-hybridized carbons (Fsp3) is 0.562. The van der Waals surface area contributed by atoms with Crippen LogP contribution in [0.1, 0.15) is 56.0 Å². The minimum Gasteiger partial charge on any atom is -0.494 e. The van der Waals surface area contributed by atoms with Gasteiger partial charge in [0.05, 0.1) is 12.3 Å². The number of fused-ring (bicyclic) bond motifs is 1. The molecule has 3 nitrogen and oxygen atoms in total. The topological polar surface area (TPSA) is 29.5 Å². The molecule has 1 aliphatic heterocycles. The second kappa shape index (κ2) is 4.87. The summed E-state index contributed by atoms with van der Waals surface area (Å²) in [5.41, 5.74) is 3.07. The lowest BCUT2D eigenvalue weighted by atomic mass is 9.79. The van der Waals surface area contributed by atoms with E-state index in [0.717, 1.165) is 29.7 Å². The molecule has 0 aliphatic carbocycles. The molecule has 0 radical (unpaired) electrons. The molecule has 0 N–H and O–H groups in total. The number of hydrogen-bond donors (Lipinski definition) is 0. The van der Waals surface area contributed by atoms with Crippen molar-refractivity contribution in [3.8, 4) is 5.75 Å². The molecule has 0 fully saturated rings. The van der Waals surface area contributed by atoms with E-state index in [0.29, 0.717) is 12.5 Å². The van der Waals surface area contributed by atoms with Crippen molar-refractivity contribution in [3.05, 3.63) is 23.3 Å². The highest BCUT2D eigenvalue weighted by atomic mass is 16.5. The zero-order valence-electron chi connectivity index (χ0n) is 12.5. The number of aldehydes is 1. The van der Waals surface area contributed by atoms with Crippen LogP contribution in [0, 0.1) is 0 Å². The van der Waals surface area contributed by atoms with Crippen LogP contribution in [0.25, 0.3) is 0 Å². The number of carbonyl (C=O) groups is 1. The van der Waals surface area contributed by atoms with Gasteiger partial charge >= 0.3 is 0 Å². The van der Waals surface area contributed by atoms with Crippen molar-refractivity contribution in [2.45, 2.75) is 45.6 Å². The van der Waals surface area contributed by atoms with Crippen LogP contribution in [0.4, 0.5) is 5.69 Å². The lowest BCUT2D eigenvalue weighted by Gasteiger charge is -2.46. The van der Waals surface area contributed by atoms with Crippen LogP contribution in [0.15, 0.2) is 12.1 Å². The third-order valence-corrected chi connectivity index (χ3v) is 4.16. The third-order valence-electron chi connectivity index (χ3n) is 4.16. The number of carbonyl (C=O) groups excluding carboxylic acids is 1. The van der Waals surface area contributed by atoms with Crippen LogP contribution in [0.5, 0.6) is 5.75 Å². The van der Waals surface area contributed by atoms with E-state index in [9.17, 15) is 4.79 Å². The molecule has 0 saturated carbocycles.